The van der Waals surface area contributed by atoms with Crippen molar-refractivity contribution in [3.05, 3.63) is 0 Å². The zero-order valence-electron chi connectivity index (χ0n) is 8.09. The molecule has 0 aromatic rings. The van der Waals surface area contributed by atoms with Crippen LogP contribution in [0.5, 0.6) is 0 Å². The Morgan fingerprint density at radius 1 is 1.38 bits per heavy atom. The van der Waals surface area contributed by atoms with Crippen molar-refractivity contribution < 1.29 is 4.79 Å². The highest BCUT2D eigenvalue weighted by Crippen LogP contribution is 2.26. The maximum Gasteiger partial charge on any atom is 0.220 e. The summed E-state index contributed by atoms with van der Waals surface area (Å²) in [6.07, 6.45) is 7.21. The average Bonchev–Trinajstić information content (AvgIpc) is 2.57. The lowest BCUT2D eigenvalue weighted by atomic mass is 10.0. The molecule has 1 aliphatic rings. The molecule has 0 unspecified atom stereocenters. The maximum atomic E-state index is 11.1. The smallest absolute Gasteiger partial charge is 0.220 e. The predicted molar refractivity (Wildman–Crippen MR) is 58.1 cm³/mol. The molecule has 1 N–H and O–H groups in total. The largest absolute Gasteiger partial charge is 0.356 e. The van der Waals surface area contributed by atoms with Gasteiger partial charge in [0.1, 0.15) is 0 Å². The maximum absolute atomic E-state index is 11.1. The fraction of sp³-hybridized carbons (Fsp3) is 0.900. The second-order valence-corrected chi connectivity index (χ2v) is 4.21. The molecule has 0 aromatic heterocycles. The van der Waals surface area contributed by atoms with E-state index in [9.17, 15) is 4.79 Å². The first kappa shape index (κ1) is 10.9. The molecule has 0 heterocycles. The summed E-state index contributed by atoms with van der Waals surface area (Å²) in [4.78, 5) is 11.1. The Kier molecular flexibility index (Phi) is 5.28. The van der Waals surface area contributed by atoms with E-state index in [4.69, 9.17) is 0 Å². The van der Waals surface area contributed by atoms with Gasteiger partial charge in [-0.05, 0) is 18.1 Å². The van der Waals surface area contributed by atoms with Crippen molar-refractivity contribution in [3.8, 4) is 0 Å². The SMILES string of the molecule is O=C(CCS)NCCC1CCCC1. The van der Waals surface area contributed by atoms with Gasteiger partial charge in [0, 0.05) is 13.0 Å². The topological polar surface area (TPSA) is 29.1 Å². The molecule has 0 saturated heterocycles. The van der Waals surface area contributed by atoms with Crippen LogP contribution in [0.2, 0.25) is 0 Å². The number of nitrogens with one attached hydrogen (secondary N) is 1. The number of thiol groups is 1. The van der Waals surface area contributed by atoms with Crippen molar-refractivity contribution in [2.75, 3.05) is 12.3 Å². The highest BCUT2D eigenvalue weighted by Gasteiger charge is 2.14. The van der Waals surface area contributed by atoms with Gasteiger partial charge in [-0.25, -0.2) is 0 Å². The number of hydrogen-bond donors (Lipinski definition) is 2. The molecule has 1 aliphatic carbocycles. The highest BCUT2D eigenvalue weighted by atomic mass is 32.1. The quantitative estimate of drug-likeness (QED) is 0.655. The number of rotatable bonds is 5. The second-order valence-electron chi connectivity index (χ2n) is 3.76. The number of amides is 1. The molecule has 1 saturated carbocycles. The van der Waals surface area contributed by atoms with E-state index in [2.05, 4.69) is 17.9 Å². The molecule has 0 atom stereocenters. The Hall–Kier alpha value is -0.180. The number of carbonyl (C=O) groups is 1. The molecule has 0 aromatic carbocycles. The summed E-state index contributed by atoms with van der Waals surface area (Å²) in [6, 6.07) is 0. The van der Waals surface area contributed by atoms with Gasteiger partial charge in [-0.3, -0.25) is 4.79 Å². The summed E-state index contributed by atoms with van der Waals surface area (Å²) in [5.41, 5.74) is 0. The van der Waals surface area contributed by atoms with Crippen LogP contribution in [-0.4, -0.2) is 18.2 Å². The van der Waals surface area contributed by atoms with Crippen molar-refractivity contribution in [3.63, 3.8) is 0 Å². The third kappa shape index (κ3) is 4.55. The van der Waals surface area contributed by atoms with Crippen LogP contribution in [0.3, 0.4) is 0 Å². The van der Waals surface area contributed by atoms with Crippen LogP contribution in [-0.2, 0) is 4.79 Å². The van der Waals surface area contributed by atoms with Crippen LogP contribution < -0.4 is 5.32 Å². The van der Waals surface area contributed by atoms with Crippen molar-refractivity contribution in [1.29, 1.82) is 0 Å². The summed E-state index contributed by atoms with van der Waals surface area (Å²) in [6.45, 7) is 0.858. The molecule has 0 spiro atoms. The number of carbonyl (C=O) groups excluding carboxylic acids is 1. The van der Waals surface area contributed by atoms with Gasteiger partial charge < -0.3 is 5.32 Å². The highest BCUT2D eigenvalue weighted by molar-refractivity contribution is 7.80. The minimum atomic E-state index is 0.146. The Labute approximate surface area is 85.9 Å². The molecule has 76 valence electrons. The molecule has 3 heteroatoms. The molecule has 1 amide bonds. The van der Waals surface area contributed by atoms with Crippen molar-refractivity contribution in [1.82, 2.24) is 5.32 Å². The summed E-state index contributed by atoms with van der Waals surface area (Å²) >= 11 is 4.01. The molecule has 2 nitrogen and oxygen atoms in total. The zero-order valence-corrected chi connectivity index (χ0v) is 8.98. The van der Waals surface area contributed by atoms with Gasteiger partial charge in [-0.1, -0.05) is 25.7 Å². The molecule has 13 heavy (non-hydrogen) atoms. The Balaban J connectivity index is 1.96. The van der Waals surface area contributed by atoms with Gasteiger partial charge in [0.05, 0.1) is 0 Å². The minimum absolute atomic E-state index is 0.146. The van der Waals surface area contributed by atoms with E-state index in [0.29, 0.717) is 12.2 Å². The van der Waals surface area contributed by atoms with Crippen LogP contribution in [0.1, 0.15) is 38.5 Å². The van der Waals surface area contributed by atoms with E-state index in [0.717, 1.165) is 18.9 Å². The number of hydrogen-bond acceptors (Lipinski definition) is 2. The van der Waals surface area contributed by atoms with E-state index < -0.39 is 0 Å². The Bertz CT molecular complexity index is 155. The van der Waals surface area contributed by atoms with Gasteiger partial charge in [-0.15, -0.1) is 0 Å². The average molecular weight is 201 g/mol. The fourth-order valence-electron chi connectivity index (χ4n) is 1.90. The monoisotopic (exact) mass is 201 g/mol. The molecule has 1 rings (SSSR count). The molecule has 0 aliphatic heterocycles. The standard InChI is InChI=1S/C10H19NOS/c12-10(6-8-13)11-7-5-9-3-1-2-4-9/h9,13H,1-8H2,(H,11,12). The Morgan fingerprint density at radius 2 is 2.08 bits per heavy atom. The van der Waals surface area contributed by atoms with Crippen LogP contribution in [0.4, 0.5) is 0 Å². The van der Waals surface area contributed by atoms with Gasteiger partial charge in [0.25, 0.3) is 0 Å². The Morgan fingerprint density at radius 3 is 2.69 bits per heavy atom. The summed E-state index contributed by atoms with van der Waals surface area (Å²) < 4.78 is 0. The first-order valence-corrected chi connectivity index (χ1v) is 5.83. The third-order valence-corrected chi connectivity index (χ3v) is 2.91. The van der Waals surface area contributed by atoms with Crippen molar-refractivity contribution in [2.45, 2.75) is 38.5 Å². The lowest BCUT2D eigenvalue weighted by molar-refractivity contribution is -0.120. The van der Waals surface area contributed by atoms with Gasteiger partial charge in [0.15, 0.2) is 0 Å². The van der Waals surface area contributed by atoms with E-state index in [1.165, 1.54) is 25.7 Å². The van der Waals surface area contributed by atoms with Crippen LogP contribution >= 0.6 is 12.6 Å². The van der Waals surface area contributed by atoms with E-state index in [1.54, 1.807) is 0 Å². The minimum Gasteiger partial charge on any atom is -0.356 e. The third-order valence-electron chi connectivity index (χ3n) is 2.69. The second kappa shape index (κ2) is 6.30. The molecular weight excluding hydrogens is 182 g/mol. The first-order chi connectivity index (χ1) is 6.33. The van der Waals surface area contributed by atoms with E-state index >= 15 is 0 Å². The summed E-state index contributed by atoms with van der Waals surface area (Å²) in [5.74, 6) is 1.67. The summed E-state index contributed by atoms with van der Waals surface area (Å²) in [5, 5.41) is 2.92. The van der Waals surface area contributed by atoms with Gasteiger partial charge in [0.2, 0.25) is 5.91 Å². The lowest BCUT2D eigenvalue weighted by Crippen LogP contribution is -2.25. The predicted octanol–water partition coefficient (Wildman–Crippen LogP) is 2.00. The molecule has 1 fully saturated rings. The van der Waals surface area contributed by atoms with Gasteiger partial charge >= 0.3 is 0 Å². The van der Waals surface area contributed by atoms with Gasteiger partial charge in [-0.2, -0.15) is 12.6 Å². The lowest BCUT2D eigenvalue weighted by Gasteiger charge is -2.09. The molecule has 0 bridgehead atoms. The molecule has 0 radical (unpaired) electrons. The van der Waals surface area contributed by atoms with Crippen LogP contribution in [0, 0.1) is 5.92 Å². The van der Waals surface area contributed by atoms with E-state index in [-0.39, 0.29) is 5.91 Å². The van der Waals surface area contributed by atoms with Crippen molar-refractivity contribution >= 4 is 18.5 Å². The van der Waals surface area contributed by atoms with Crippen LogP contribution in [0.15, 0.2) is 0 Å². The normalized spacial score (nSPS) is 17.6. The van der Waals surface area contributed by atoms with Crippen molar-refractivity contribution in [2.24, 2.45) is 5.92 Å². The first-order valence-electron chi connectivity index (χ1n) is 5.20. The van der Waals surface area contributed by atoms with Crippen LogP contribution in [0.25, 0.3) is 0 Å². The molecular formula is C10H19NOS. The summed E-state index contributed by atoms with van der Waals surface area (Å²) in [7, 11) is 0. The zero-order chi connectivity index (χ0) is 9.52. The fourth-order valence-corrected chi connectivity index (χ4v) is 2.11. The van der Waals surface area contributed by atoms with E-state index in [1.807, 2.05) is 0 Å².